The van der Waals surface area contributed by atoms with Crippen molar-refractivity contribution in [3.8, 4) is 22.9 Å². The van der Waals surface area contributed by atoms with Crippen LogP contribution < -0.4 is 4.90 Å². The predicted molar refractivity (Wildman–Crippen MR) is 253 cm³/mol. The number of nitrogens with zero attached hydrogens (tertiary/aromatic N) is 3. The van der Waals surface area contributed by atoms with Crippen molar-refractivity contribution in [2.24, 2.45) is 0 Å². The Kier molecular flexibility index (Phi) is 6.70. The van der Waals surface area contributed by atoms with Crippen LogP contribution in [-0.2, 0) is 5.41 Å². The Hall–Kier alpha value is -8.46. The lowest BCUT2D eigenvalue weighted by Gasteiger charge is -2.40. The van der Waals surface area contributed by atoms with Gasteiger partial charge in [0.25, 0.3) is 0 Å². The van der Waals surface area contributed by atoms with Gasteiger partial charge in [-0.2, -0.15) is 5.26 Å². The first-order chi connectivity index (χ1) is 31.1. The molecule has 2 aromatic heterocycles. The van der Waals surface area contributed by atoms with Gasteiger partial charge in [-0.15, -0.1) is 0 Å². The third-order valence-electron chi connectivity index (χ3n) is 13.8. The van der Waals surface area contributed by atoms with Crippen molar-refractivity contribution in [2.75, 3.05) is 4.90 Å². The maximum Gasteiger partial charge on any atom is 0.159 e. The first-order valence-electron chi connectivity index (χ1n) is 21.3. The summed E-state index contributed by atoms with van der Waals surface area (Å²) in [4.78, 5) is 2.22. The monoisotopic (exact) mass is 805 g/mol. The minimum atomic E-state index is -0.741. The standard InChI is InChI=1S/C58H32FN3O/c59-36-27-29-37(30-28-36)61(51-25-11-20-44-43-19-9-13-35(33-60)56(43)63-57(44)51)52-32-48-54(41-17-4-3-15-39(41)52)53-38-14-2-1-12-34(38)26-31-46(53)58(48)45-21-6-8-24-50(45)62-49-23-7-5-16-40(49)42-18-10-22-47(58)55(42)62/h1-32H. The van der Waals surface area contributed by atoms with E-state index in [1.54, 1.807) is 6.07 Å². The molecule has 0 fully saturated rings. The highest BCUT2D eigenvalue weighted by Gasteiger charge is 2.52. The molecule has 14 rings (SSSR count). The van der Waals surface area contributed by atoms with E-state index in [1.165, 1.54) is 78.1 Å². The van der Waals surface area contributed by atoms with Crippen LogP contribution >= 0.6 is 0 Å². The zero-order valence-corrected chi connectivity index (χ0v) is 33.6. The Balaban J connectivity index is 1.19. The molecule has 0 N–H and O–H groups in total. The van der Waals surface area contributed by atoms with E-state index in [0.29, 0.717) is 16.7 Å². The van der Waals surface area contributed by atoms with Crippen molar-refractivity contribution in [3.05, 3.63) is 228 Å². The molecular weight excluding hydrogens is 774 g/mol. The summed E-state index contributed by atoms with van der Waals surface area (Å²) < 4.78 is 24.2. The minimum absolute atomic E-state index is 0.318. The molecule has 292 valence electrons. The maximum atomic E-state index is 15.0. The van der Waals surface area contributed by atoms with E-state index in [2.05, 4.69) is 155 Å². The summed E-state index contributed by atoms with van der Waals surface area (Å²) in [5.74, 6) is -0.318. The summed E-state index contributed by atoms with van der Waals surface area (Å²) in [7, 11) is 0. The highest BCUT2D eigenvalue weighted by molar-refractivity contribution is 6.19. The summed E-state index contributed by atoms with van der Waals surface area (Å²) >= 11 is 0. The number of nitriles is 1. The number of benzene rings is 10. The number of hydrogen-bond donors (Lipinski definition) is 0. The second kappa shape index (κ2) is 12.3. The van der Waals surface area contributed by atoms with Crippen LogP contribution in [0.4, 0.5) is 21.5 Å². The average Bonchev–Trinajstić information content (AvgIpc) is 3.99. The molecule has 12 aromatic rings. The van der Waals surface area contributed by atoms with Gasteiger partial charge in [0.1, 0.15) is 11.9 Å². The van der Waals surface area contributed by atoms with Crippen LogP contribution in [0.5, 0.6) is 0 Å². The number of anilines is 3. The fraction of sp³-hybridized carbons (Fsp3) is 0.0172. The van der Waals surface area contributed by atoms with Crippen molar-refractivity contribution >= 4 is 82.4 Å². The van der Waals surface area contributed by atoms with Gasteiger partial charge in [0, 0.05) is 32.6 Å². The summed E-state index contributed by atoms with van der Waals surface area (Å²) in [5, 5.41) is 18.9. The molecule has 1 spiro atoms. The van der Waals surface area contributed by atoms with Gasteiger partial charge in [0.05, 0.1) is 39.1 Å². The van der Waals surface area contributed by atoms with E-state index >= 15 is 0 Å². The van der Waals surface area contributed by atoms with Gasteiger partial charge in [0.2, 0.25) is 0 Å². The number of halogens is 1. The van der Waals surface area contributed by atoms with Gasteiger partial charge in [0.15, 0.2) is 11.2 Å². The van der Waals surface area contributed by atoms with Crippen molar-refractivity contribution < 1.29 is 8.81 Å². The molecule has 0 bridgehead atoms. The predicted octanol–water partition coefficient (Wildman–Crippen LogP) is 15.1. The molecule has 1 atom stereocenters. The van der Waals surface area contributed by atoms with Gasteiger partial charge in [-0.3, -0.25) is 0 Å². The number of hydrogen-bond acceptors (Lipinski definition) is 3. The largest absolute Gasteiger partial charge is 0.452 e. The molecule has 0 amide bonds. The summed E-state index contributed by atoms with van der Waals surface area (Å²) in [6, 6.07) is 70.0. The van der Waals surface area contributed by atoms with Crippen molar-refractivity contribution in [1.82, 2.24) is 4.57 Å². The van der Waals surface area contributed by atoms with Crippen LogP contribution in [0.1, 0.15) is 27.8 Å². The molecule has 4 nitrogen and oxygen atoms in total. The van der Waals surface area contributed by atoms with Crippen LogP contribution in [0, 0.1) is 17.1 Å². The van der Waals surface area contributed by atoms with Gasteiger partial charge in [-0.1, -0.05) is 140 Å². The zero-order valence-electron chi connectivity index (χ0n) is 33.6. The fourth-order valence-electron chi connectivity index (χ4n) is 11.5. The molecule has 63 heavy (non-hydrogen) atoms. The summed E-state index contributed by atoms with van der Waals surface area (Å²) in [6.45, 7) is 0. The molecule has 3 heterocycles. The molecule has 0 radical (unpaired) electrons. The Morgan fingerprint density at radius 3 is 2.00 bits per heavy atom. The first kappa shape index (κ1) is 34.3. The van der Waals surface area contributed by atoms with Crippen LogP contribution in [0.3, 0.4) is 0 Å². The van der Waals surface area contributed by atoms with E-state index in [4.69, 9.17) is 4.42 Å². The van der Waals surface area contributed by atoms with E-state index in [1.807, 2.05) is 36.4 Å². The van der Waals surface area contributed by atoms with E-state index < -0.39 is 5.41 Å². The van der Waals surface area contributed by atoms with Gasteiger partial charge < -0.3 is 13.9 Å². The van der Waals surface area contributed by atoms with E-state index in [-0.39, 0.29) is 5.82 Å². The first-order valence-corrected chi connectivity index (χ1v) is 21.3. The van der Waals surface area contributed by atoms with Crippen LogP contribution in [0.2, 0.25) is 0 Å². The third-order valence-corrected chi connectivity index (χ3v) is 13.8. The van der Waals surface area contributed by atoms with E-state index in [0.717, 1.165) is 44.3 Å². The SMILES string of the molecule is N#Cc1cccc2c1oc1c(N(c3ccc(F)cc3)c3cc4c(c5ccccc35)-c3c(ccc5ccccc35)C43c4ccccc4-n4c5ccccc5c5cccc3c54)cccc12. The molecular formula is C58H32FN3O. The van der Waals surface area contributed by atoms with Crippen LogP contribution in [-0.4, -0.2) is 4.57 Å². The Bertz CT molecular complexity index is 4020. The van der Waals surface area contributed by atoms with Crippen LogP contribution in [0.25, 0.3) is 82.1 Å². The Labute approximate surface area is 360 Å². The summed E-state index contributed by atoms with van der Waals surface area (Å²) in [5.41, 5.74) is 14.2. The lowest BCUT2D eigenvalue weighted by molar-refractivity contribution is 0.628. The van der Waals surface area contributed by atoms with Gasteiger partial charge in [-0.25, -0.2) is 4.39 Å². The van der Waals surface area contributed by atoms with E-state index in [9.17, 15) is 9.65 Å². The number of furan rings is 1. The molecule has 1 unspecified atom stereocenters. The molecule has 1 aliphatic heterocycles. The number of aromatic nitrogens is 1. The average molecular weight is 806 g/mol. The highest BCUT2D eigenvalue weighted by atomic mass is 19.1. The fourth-order valence-corrected chi connectivity index (χ4v) is 11.5. The minimum Gasteiger partial charge on any atom is -0.452 e. The molecule has 1 aliphatic carbocycles. The quantitative estimate of drug-likeness (QED) is 0.179. The molecule has 10 aromatic carbocycles. The molecule has 0 saturated heterocycles. The highest BCUT2D eigenvalue weighted by Crippen LogP contribution is 2.64. The summed E-state index contributed by atoms with van der Waals surface area (Å²) in [6.07, 6.45) is 0. The lowest BCUT2D eigenvalue weighted by Crippen LogP contribution is -2.33. The Morgan fingerprint density at radius 2 is 1.14 bits per heavy atom. The van der Waals surface area contributed by atoms with Gasteiger partial charge >= 0.3 is 0 Å². The van der Waals surface area contributed by atoms with Crippen molar-refractivity contribution in [2.45, 2.75) is 5.41 Å². The molecule has 0 saturated carbocycles. The van der Waals surface area contributed by atoms with Gasteiger partial charge in [-0.05, 0) is 104 Å². The topological polar surface area (TPSA) is 45.1 Å². The molecule has 5 heteroatoms. The zero-order chi connectivity index (χ0) is 41.6. The van der Waals surface area contributed by atoms with Crippen molar-refractivity contribution in [3.63, 3.8) is 0 Å². The van der Waals surface area contributed by atoms with Crippen molar-refractivity contribution in [1.29, 1.82) is 5.26 Å². The maximum absolute atomic E-state index is 15.0. The lowest BCUT2D eigenvalue weighted by atomic mass is 9.65. The third kappa shape index (κ3) is 4.27. The Morgan fingerprint density at radius 1 is 0.492 bits per heavy atom. The number of rotatable bonds is 3. The molecule has 2 aliphatic rings. The number of para-hydroxylation sites is 5. The smallest absolute Gasteiger partial charge is 0.159 e. The normalized spacial score (nSPS) is 14.8. The number of fused-ring (bicyclic) bond motifs is 19. The second-order valence-corrected chi connectivity index (χ2v) is 16.8. The van der Waals surface area contributed by atoms with Crippen LogP contribution in [0.15, 0.2) is 199 Å². The second-order valence-electron chi connectivity index (χ2n) is 16.8.